The van der Waals surface area contributed by atoms with Gasteiger partial charge in [0.2, 0.25) is 5.95 Å². The van der Waals surface area contributed by atoms with E-state index in [4.69, 9.17) is 18.0 Å². The molecule has 0 aliphatic carbocycles. The van der Waals surface area contributed by atoms with Crippen molar-refractivity contribution in [3.63, 3.8) is 0 Å². The van der Waals surface area contributed by atoms with Crippen molar-refractivity contribution in [1.29, 1.82) is 0 Å². The van der Waals surface area contributed by atoms with Crippen LogP contribution in [-0.4, -0.2) is 21.1 Å². The fourth-order valence-electron chi connectivity index (χ4n) is 1.79. The van der Waals surface area contributed by atoms with Crippen LogP contribution in [0, 0.1) is 12.3 Å². The van der Waals surface area contributed by atoms with Gasteiger partial charge in [0.15, 0.2) is 0 Å². The van der Waals surface area contributed by atoms with Crippen molar-refractivity contribution >= 4 is 17.5 Å². The van der Waals surface area contributed by atoms with Gasteiger partial charge < -0.3 is 0 Å². The smallest absolute Gasteiger partial charge is 0.289 e. The largest absolute Gasteiger partial charge is 0.352 e. The molecule has 0 fully saturated rings. The average Bonchev–Trinajstić information content (AvgIpc) is 2.47. The van der Waals surface area contributed by atoms with Crippen LogP contribution >= 0.6 is 11.6 Å². The summed E-state index contributed by atoms with van der Waals surface area (Å²) in [6.45, 7) is 2.59. The zero-order chi connectivity index (χ0) is 15.2. The molecule has 2 N–H and O–H groups in total. The molecule has 1 heterocycles. The molecule has 0 saturated carbocycles. The van der Waals surface area contributed by atoms with Gasteiger partial charge in [-0.1, -0.05) is 29.7 Å². The third-order valence-electron chi connectivity index (χ3n) is 2.69. The number of hydrazine groups is 1. The Morgan fingerprint density at radius 3 is 2.90 bits per heavy atom. The lowest BCUT2D eigenvalue weighted by Crippen LogP contribution is -2.30. The quantitative estimate of drug-likeness (QED) is 0.498. The van der Waals surface area contributed by atoms with Gasteiger partial charge in [-0.05, 0) is 19.1 Å². The van der Waals surface area contributed by atoms with E-state index in [1.165, 1.54) is 4.57 Å². The van der Waals surface area contributed by atoms with Gasteiger partial charge in [0.1, 0.15) is 5.82 Å². The summed E-state index contributed by atoms with van der Waals surface area (Å²) in [7, 11) is 0. The highest BCUT2D eigenvalue weighted by atomic mass is 35.5. The molecule has 0 aliphatic heterocycles. The molecule has 0 bridgehead atoms. The second-order valence-corrected chi connectivity index (χ2v) is 4.53. The molecule has 1 aromatic carbocycles. The first-order valence-electron chi connectivity index (χ1n) is 6.33. The Morgan fingerprint density at radius 2 is 2.24 bits per heavy atom. The maximum Gasteiger partial charge on any atom is 0.352 e. The van der Waals surface area contributed by atoms with Crippen LogP contribution in [0.2, 0.25) is 5.02 Å². The van der Waals surface area contributed by atoms with Gasteiger partial charge in [-0.15, -0.1) is 6.42 Å². The summed E-state index contributed by atoms with van der Waals surface area (Å²) in [5.41, 5.74) is 5.77. The lowest BCUT2D eigenvalue weighted by molar-refractivity contribution is 0.683. The number of nitrogens with one attached hydrogen (secondary N) is 2. The van der Waals surface area contributed by atoms with Crippen molar-refractivity contribution in [3.05, 3.63) is 39.8 Å². The van der Waals surface area contributed by atoms with E-state index in [1.807, 2.05) is 13.0 Å². The Kier molecular flexibility index (Phi) is 4.93. The first kappa shape index (κ1) is 15.0. The molecule has 0 spiro atoms. The van der Waals surface area contributed by atoms with E-state index in [1.54, 1.807) is 18.2 Å². The standard InChI is InChI=1S/C14H14ClN5O/c1-3-8-16-19-13-17-12(20(4-2)14(21)18-13)10-6-5-7-11(15)9-10/h1,5-7,9,16H,4,8H2,2H3,(H,18,19,21). The van der Waals surface area contributed by atoms with Crippen molar-refractivity contribution in [2.45, 2.75) is 13.5 Å². The highest BCUT2D eigenvalue weighted by Gasteiger charge is 2.11. The normalized spacial score (nSPS) is 10.1. The Labute approximate surface area is 127 Å². The van der Waals surface area contributed by atoms with Gasteiger partial charge in [0.25, 0.3) is 0 Å². The summed E-state index contributed by atoms with van der Waals surface area (Å²) in [5.74, 6) is 3.05. The third-order valence-corrected chi connectivity index (χ3v) is 2.92. The molecule has 2 aromatic rings. The van der Waals surface area contributed by atoms with Crippen LogP contribution in [-0.2, 0) is 6.54 Å². The Balaban J connectivity index is 2.47. The molecule has 0 amide bonds. The number of aromatic nitrogens is 3. The predicted octanol–water partition coefficient (Wildman–Crippen LogP) is 1.53. The van der Waals surface area contributed by atoms with Crippen LogP contribution in [0.25, 0.3) is 11.4 Å². The fraction of sp³-hybridized carbons (Fsp3) is 0.214. The van der Waals surface area contributed by atoms with Gasteiger partial charge in [0.05, 0.1) is 6.54 Å². The highest BCUT2D eigenvalue weighted by molar-refractivity contribution is 6.30. The van der Waals surface area contributed by atoms with Crippen LogP contribution in [0.15, 0.2) is 29.1 Å². The van der Waals surface area contributed by atoms with E-state index in [-0.39, 0.29) is 12.5 Å². The lowest BCUT2D eigenvalue weighted by atomic mass is 10.2. The summed E-state index contributed by atoms with van der Waals surface area (Å²) < 4.78 is 1.47. The van der Waals surface area contributed by atoms with E-state index in [2.05, 4.69) is 26.7 Å². The van der Waals surface area contributed by atoms with Crippen molar-refractivity contribution in [2.75, 3.05) is 12.0 Å². The molecule has 0 radical (unpaired) electrons. The van der Waals surface area contributed by atoms with Gasteiger partial charge >= 0.3 is 5.69 Å². The molecule has 7 heteroatoms. The zero-order valence-corrected chi connectivity index (χ0v) is 12.2. The monoisotopic (exact) mass is 303 g/mol. The lowest BCUT2D eigenvalue weighted by Gasteiger charge is -2.12. The van der Waals surface area contributed by atoms with Gasteiger partial charge in [-0.2, -0.15) is 9.97 Å². The zero-order valence-electron chi connectivity index (χ0n) is 11.4. The fourth-order valence-corrected chi connectivity index (χ4v) is 1.98. The molecule has 0 aliphatic rings. The molecule has 2 rings (SSSR count). The number of terminal acetylenes is 1. The summed E-state index contributed by atoms with van der Waals surface area (Å²) in [6, 6.07) is 7.13. The highest BCUT2D eigenvalue weighted by Crippen LogP contribution is 2.20. The first-order chi connectivity index (χ1) is 10.2. The SMILES string of the molecule is C#CCNNc1nc(-c2cccc(Cl)c2)n(CC)c(=O)n1. The van der Waals surface area contributed by atoms with E-state index in [0.29, 0.717) is 17.4 Å². The molecule has 108 valence electrons. The molecule has 21 heavy (non-hydrogen) atoms. The predicted molar refractivity (Wildman–Crippen MR) is 82.9 cm³/mol. The summed E-state index contributed by atoms with van der Waals surface area (Å²) in [6.07, 6.45) is 5.13. The minimum absolute atomic E-state index is 0.162. The van der Waals surface area contributed by atoms with Gasteiger partial charge in [0, 0.05) is 17.1 Å². The number of hydrogen-bond donors (Lipinski definition) is 2. The van der Waals surface area contributed by atoms with E-state index in [9.17, 15) is 4.79 Å². The number of benzene rings is 1. The maximum absolute atomic E-state index is 12.1. The number of rotatable bonds is 5. The summed E-state index contributed by atoms with van der Waals surface area (Å²) >= 11 is 5.99. The van der Waals surface area contributed by atoms with Crippen LogP contribution < -0.4 is 16.5 Å². The maximum atomic E-state index is 12.1. The molecule has 0 atom stereocenters. The second-order valence-electron chi connectivity index (χ2n) is 4.09. The summed E-state index contributed by atoms with van der Waals surface area (Å²) in [5, 5.41) is 0.571. The third kappa shape index (κ3) is 3.60. The van der Waals surface area contributed by atoms with Gasteiger partial charge in [-0.3, -0.25) is 9.99 Å². The summed E-state index contributed by atoms with van der Waals surface area (Å²) in [4.78, 5) is 20.2. The molecule has 0 unspecified atom stereocenters. The molecule has 1 aromatic heterocycles. The van der Waals surface area contributed by atoms with Crippen LogP contribution in [0.5, 0.6) is 0 Å². The van der Waals surface area contributed by atoms with E-state index < -0.39 is 5.69 Å². The molecular formula is C14H14ClN5O. The Morgan fingerprint density at radius 1 is 1.43 bits per heavy atom. The van der Waals surface area contributed by atoms with E-state index in [0.717, 1.165) is 5.56 Å². The van der Waals surface area contributed by atoms with Crippen LogP contribution in [0.4, 0.5) is 5.95 Å². The van der Waals surface area contributed by atoms with Gasteiger partial charge in [-0.25, -0.2) is 10.2 Å². The topological polar surface area (TPSA) is 71.8 Å². The van der Waals surface area contributed by atoms with Crippen molar-refractivity contribution in [1.82, 2.24) is 20.0 Å². The second kappa shape index (κ2) is 6.88. The Bertz CT molecular complexity index is 735. The minimum Gasteiger partial charge on any atom is -0.289 e. The van der Waals surface area contributed by atoms with Crippen LogP contribution in [0.1, 0.15) is 6.92 Å². The van der Waals surface area contributed by atoms with Crippen LogP contribution in [0.3, 0.4) is 0 Å². The molecule has 6 nitrogen and oxygen atoms in total. The van der Waals surface area contributed by atoms with Crippen molar-refractivity contribution in [3.8, 4) is 23.7 Å². The van der Waals surface area contributed by atoms with Crippen molar-refractivity contribution in [2.24, 2.45) is 0 Å². The Hall–Kier alpha value is -2.36. The van der Waals surface area contributed by atoms with E-state index >= 15 is 0 Å². The van der Waals surface area contributed by atoms with Crippen molar-refractivity contribution < 1.29 is 0 Å². The molecule has 0 saturated heterocycles. The first-order valence-corrected chi connectivity index (χ1v) is 6.70. The average molecular weight is 304 g/mol. The number of hydrogen-bond acceptors (Lipinski definition) is 5. The molecular weight excluding hydrogens is 290 g/mol. The number of nitrogens with zero attached hydrogens (tertiary/aromatic N) is 3. The minimum atomic E-state index is -0.396. The number of anilines is 1. The number of halogens is 1.